The molecule has 0 aliphatic rings. The van der Waals surface area contributed by atoms with Gasteiger partial charge in [0.2, 0.25) is 5.91 Å². The minimum atomic E-state index is -0.641. The summed E-state index contributed by atoms with van der Waals surface area (Å²) >= 11 is 5.99. The van der Waals surface area contributed by atoms with Crippen molar-refractivity contribution in [1.29, 1.82) is 0 Å². The van der Waals surface area contributed by atoms with E-state index in [1.54, 1.807) is 33.3 Å². The summed E-state index contributed by atoms with van der Waals surface area (Å²) in [7, 11) is 3.26. The van der Waals surface area contributed by atoms with E-state index in [0.29, 0.717) is 22.1 Å². The van der Waals surface area contributed by atoms with E-state index in [9.17, 15) is 9.18 Å². The number of hydrogen-bond donors (Lipinski definition) is 2. The highest BCUT2D eigenvalue weighted by Gasteiger charge is 2.19. The van der Waals surface area contributed by atoms with Crippen molar-refractivity contribution in [2.75, 3.05) is 19.4 Å². The SMILES string of the molecule is C[C@H](Nc1nc(-c2c[nH]c3ncc(Cl)cc23)ncc1F)C(=O)N(C)C.[HH].[HH]. The highest BCUT2D eigenvalue weighted by molar-refractivity contribution is 6.31. The molecule has 134 valence electrons. The fraction of sp³-hybridized carbons (Fsp3) is 0.250. The molecule has 7 nitrogen and oxygen atoms in total. The summed E-state index contributed by atoms with van der Waals surface area (Å²) in [6.45, 7) is 1.64. The smallest absolute Gasteiger partial charge is 0.244 e. The van der Waals surface area contributed by atoms with Gasteiger partial charge in [-0.3, -0.25) is 4.79 Å². The number of amides is 1. The number of carbonyl (C=O) groups is 1. The van der Waals surface area contributed by atoms with Gasteiger partial charge in [0.15, 0.2) is 17.5 Å². The summed E-state index contributed by atoms with van der Waals surface area (Å²) in [6, 6.07) is 1.10. The molecular weight excluding hydrogens is 347 g/mol. The minimum absolute atomic E-state index is 0. The number of H-pyrrole nitrogens is 1. The van der Waals surface area contributed by atoms with Gasteiger partial charge >= 0.3 is 0 Å². The zero-order valence-corrected chi connectivity index (χ0v) is 14.6. The van der Waals surface area contributed by atoms with Gasteiger partial charge in [-0.2, -0.15) is 0 Å². The molecular formula is C16H20ClFN6O. The number of halogens is 2. The molecule has 0 aromatic carbocycles. The molecule has 0 spiro atoms. The average Bonchev–Trinajstić information content (AvgIpc) is 2.99. The lowest BCUT2D eigenvalue weighted by Crippen LogP contribution is -2.37. The van der Waals surface area contributed by atoms with Crippen LogP contribution in [0.3, 0.4) is 0 Å². The van der Waals surface area contributed by atoms with Crippen molar-refractivity contribution in [3.63, 3.8) is 0 Å². The topological polar surface area (TPSA) is 86.8 Å². The summed E-state index contributed by atoms with van der Waals surface area (Å²) in [5, 5.41) is 3.98. The highest BCUT2D eigenvalue weighted by atomic mass is 35.5. The van der Waals surface area contributed by atoms with E-state index < -0.39 is 11.9 Å². The molecule has 0 unspecified atom stereocenters. The van der Waals surface area contributed by atoms with E-state index >= 15 is 0 Å². The molecule has 25 heavy (non-hydrogen) atoms. The number of pyridine rings is 1. The van der Waals surface area contributed by atoms with Crippen molar-refractivity contribution in [3.05, 3.63) is 35.5 Å². The minimum Gasteiger partial charge on any atom is -0.356 e. The molecule has 3 aromatic rings. The van der Waals surface area contributed by atoms with Crippen molar-refractivity contribution in [2.45, 2.75) is 13.0 Å². The first-order valence-electron chi connectivity index (χ1n) is 7.50. The zero-order chi connectivity index (χ0) is 18.1. The molecule has 3 heterocycles. The van der Waals surface area contributed by atoms with Crippen LogP contribution in [0, 0.1) is 5.82 Å². The van der Waals surface area contributed by atoms with Crippen LogP contribution in [0.1, 0.15) is 9.78 Å². The van der Waals surface area contributed by atoms with Crippen LogP contribution in [0.4, 0.5) is 10.2 Å². The second-order valence-corrected chi connectivity index (χ2v) is 6.18. The van der Waals surface area contributed by atoms with Gasteiger partial charge in [0, 0.05) is 40.3 Å². The lowest BCUT2D eigenvalue weighted by Gasteiger charge is -2.18. The third kappa shape index (κ3) is 3.39. The van der Waals surface area contributed by atoms with Crippen LogP contribution < -0.4 is 5.32 Å². The normalized spacial score (nSPS) is 12.2. The van der Waals surface area contributed by atoms with Crippen LogP contribution in [-0.4, -0.2) is 50.9 Å². The first-order chi connectivity index (χ1) is 11.9. The summed E-state index contributed by atoms with van der Waals surface area (Å²) in [5.74, 6) is -0.582. The Labute approximate surface area is 151 Å². The van der Waals surface area contributed by atoms with Crippen molar-refractivity contribution in [2.24, 2.45) is 0 Å². The molecule has 3 aromatic heterocycles. The molecule has 0 fully saturated rings. The Morgan fingerprint density at radius 2 is 2.16 bits per heavy atom. The summed E-state index contributed by atoms with van der Waals surface area (Å²) in [4.78, 5) is 28.8. The second-order valence-electron chi connectivity index (χ2n) is 5.74. The Morgan fingerprint density at radius 1 is 1.40 bits per heavy atom. The van der Waals surface area contributed by atoms with Gasteiger partial charge in [-0.15, -0.1) is 0 Å². The standard InChI is InChI=1S/C16H16ClFN6O.2H2/c1-8(16(25)24(2)3)22-15-12(18)7-21-14(23-15)11-6-20-13-10(11)4-9(17)5-19-13;;/h4-8H,1-3H3,(H,19,20)(H,21,22,23);2*1H/t8-;;/m0../s1. The van der Waals surface area contributed by atoms with Crippen LogP contribution in [0.25, 0.3) is 22.4 Å². The quantitative estimate of drug-likeness (QED) is 0.740. The van der Waals surface area contributed by atoms with Gasteiger partial charge in [-0.25, -0.2) is 19.3 Å². The van der Waals surface area contributed by atoms with E-state index in [1.807, 2.05) is 0 Å². The highest BCUT2D eigenvalue weighted by Crippen LogP contribution is 2.28. The number of carbonyl (C=O) groups excluding carboxylic acids is 1. The lowest BCUT2D eigenvalue weighted by molar-refractivity contribution is -0.129. The number of nitrogens with one attached hydrogen (secondary N) is 2. The van der Waals surface area contributed by atoms with E-state index in [0.717, 1.165) is 11.6 Å². The van der Waals surface area contributed by atoms with Crippen molar-refractivity contribution >= 4 is 34.4 Å². The molecule has 1 amide bonds. The van der Waals surface area contributed by atoms with Crippen LogP contribution in [0.15, 0.2) is 24.7 Å². The van der Waals surface area contributed by atoms with Gasteiger partial charge in [0.25, 0.3) is 0 Å². The van der Waals surface area contributed by atoms with Gasteiger partial charge in [0.05, 0.1) is 11.2 Å². The third-order valence-electron chi connectivity index (χ3n) is 3.65. The molecule has 0 aliphatic carbocycles. The van der Waals surface area contributed by atoms with Crippen LogP contribution in [-0.2, 0) is 4.79 Å². The van der Waals surface area contributed by atoms with Crippen LogP contribution in [0.2, 0.25) is 5.02 Å². The fourth-order valence-electron chi connectivity index (χ4n) is 2.42. The Balaban J connectivity index is 0.00000182. The predicted octanol–water partition coefficient (Wildman–Crippen LogP) is 3.19. The predicted molar refractivity (Wildman–Crippen MR) is 98.1 cm³/mol. The third-order valence-corrected chi connectivity index (χ3v) is 3.85. The molecule has 0 radical (unpaired) electrons. The Hall–Kier alpha value is -2.74. The number of rotatable bonds is 4. The number of aromatic amines is 1. The Bertz CT molecular complexity index is 952. The van der Waals surface area contributed by atoms with Crippen molar-refractivity contribution in [1.82, 2.24) is 24.8 Å². The van der Waals surface area contributed by atoms with Gasteiger partial charge in [-0.05, 0) is 13.0 Å². The molecule has 0 aliphatic heterocycles. The molecule has 0 saturated heterocycles. The van der Waals surface area contributed by atoms with E-state index in [1.165, 1.54) is 11.1 Å². The summed E-state index contributed by atoms with van der Waals surface area (Å²) in [5.41, 5.74) is 1.26. The van der Waals surface area contributed by atoms with Crippen molar-refractivity contribution < 1.29 is 12.0 Å². The Morgan fingerprint density at radius 3 is 2.88 bits per heavy atom. The van der Waals surface area contributed by atoms with E-state index in [2.05, 4.69) is 25.3 Å². The maximum atomic E-state index is 14.1. The van der Waals surface area contributed by atoms with E-state index in [4.69, 9.17) is 11.6 Å². The largest absolute Gasteiger partial charge is 0.356 e. The Kier molecular flexibility index (Phi) is 4.54. The van der Waals surface area contributed by atoms with Crippen molar-refractivity contribution in [3.8, 4) is 11.4 Å². The maximum Gasteiger partial charge on any atom is 0.244 e. The first kappa shape index (κ1) is 17.1. The van der Waals surface area contributed by atoms with E-state index in [-0.39, 0.29) is 14.6 Å². The molecule has 2 N–H and O–H groups in total. The number of anilines is 1. The molecule has 3 rings (SSSR count). The first-order valence-corrected chi connectivity index (χ1v) is 7.88. The number of fused-ring (bicyclic) bond motifs is 1. The van der Waals surface area contributed by atoms with Gasteiger partial charge in [-0.1, -0.05) is 11.6 Å². The van der Waals surface area contributed by atoms with Crippen LogP contribution >= 0.6 is 11.6 Å². The summed E-state index contributed by atoms with van der Waals surface area (Å²) < 4.78 is 14.1. The van der Waals surface area contributed by atoms with Gasteiger partial charge in [0.1, 0.15) is 11.7 Å². The van der Waals surface area contributed by atoms with Gasteiger partial charge < -0.3 is 15.2 Å². The fourth-order valence-corrected chi connectivity index (χ4v) is 2.57. The number of likely N-dealkylation sites (N-methyl/N-ethyl adjacent to an activating group) is 1. The summed E-state index contributed by atoms with van der Waals surface area (Å²) in [6.07, 6.45) is 4.27. The number of aromatic nitrogens is 4. The molecule has 0 saturated carbocycles. The average molecular weight is 367 g/mol. The lowest BCUT2D eigenvalue weighted by atomic mass is 10.2. The second kappa shape index (κ2) is 6.64. The zero-order valence-electron chi connectivity index (χ0n) is 13.8. The number of hydrogen-bond acceptors (Lipinski definition) is 5. The monoisotopic (exact) mass is 366 g/mol. The number of nitrogens with zero attached hydrogens (tertiary/aromatic N) is 4. The molecule has 1 atom stereocenters. The molecule has 9 heteroatoms. The molecule has 0 bridgehead atoms. The van der Waals surface area contributed by atoms with Crippen LogP contribution in [0.5, 0.6) is 0 Å². The maximum absolute atomic E-state index is 14.1.